The molecule has 3 fully saturated rings. The van der Waals surface area contributed by atoms with Crippen LogP contribution in [0.2, 0.25) is 0 Å². The number of hydrogen-bond acceptors (Lipinski definition) is 6. The molecule has 2 saturated carbocycles. The zero-order chi connectivity index (χ0) is 28.2. The van der Waals surface area contributed by atoms with Crippen LogP contribution < -0.4 is 5.14 Å². The van der Waals surface area contributed by atoms with Crippen molar-refractivity contribution in [3.8, 4) is 5.75 Å². The van der Waals surface area contributed by atoms with Gasteiger partial charge in [-0.1, -0.05) is 25.1 Å². The third-order valence-corrected chi connectivity index (χ3v) is 11.3. The second-order valence-corrected chi connectivity index (χ2v) is 14.0. The molecule has 6 atom stereocenters. The number of benzene rings is 2. The van der Waals surface area contributed by atoms with Crippen molar-refractivity contribution in [1.29, 1.82) is 0 Å². The Hall–Kier alpha value is -2.91. The molecule has 4 aliphatic rings. The summed E-state index contributed by atoms with van der Waals surface area (Å²) in [5, 5.41) is 15.1. The van der Waals surface area contributed by atoms with Crippen molar-refractivity contribution in [1.82, 2.24) is 4.90 Å². The van der Waals surface area contributed by atoms with Crippen molar-refractivity contribution in [3.63, 3.8) is 0 Å². The monoisotopic (exact) mass is 566 g/mol. The summed E-state index contributed by atoms with van der Waals surface area (Å²) in [6.45, 7) is 2.81. The standard InChI is InChI=1S/C31H38N2O6S/c1-31-15-14-24-23-11-7-21(34)18-20(23)6-10-25(24)26(31)12-13-28(31)39-30(36)27-3-2-16-33(27)29(35)17-19-4-8-22(9-5-19)40(32,37)38/h4-5,7-9,11,18,24-28,34H,2-3,6,10,12-17H2,1H3,(H2,32,37,38). The number of phenolic OH excluding ortho intramolecular Hbond substituents is 1. The molecule has 8 nitrogen and oxygen atoms in total. The number of rotatable bonds is 5. The Kier molecular flexibility index (Phi) is 6.94. The van der Waals surface area contributed by atoms with E-state index >= 15 is 0 Å². The van der Waals surface area contributed by atoms with E-state index in [0.29, 0.717) is 42.0 Å². The third-order valence-electron chi connectivity index (χ3n) is 10.3. The fourth-order valence-electron chi connectivity index (χ4n) is 8.32. The third kappa shape index (κ3) is 4.81. The number of sulfonamides is 1. The largest absolute Gasteiger partial charge is 0.508 e. The number of esters is 1. The van der Waals surface area contributed by atoms with Gasteiger partial charge in [-0.3, -0.25) is 4.79 Å². The van der Waals surface area contributed by atoms with Crippen LogP contribution in [0, 0.1) is 17.3 Å². The van der Waals surface area contributed by atoms with Crippen LogP contribution in [0.25, 0.3) is 0 Å². The van der Waals surface area contributed by atoms with E-state index in [1.54, 1.807) is 17.0 Å². The first kappa shape index (κ1) is 27.3. The zero-order valence-electron chi connectivity index (χ0n) is 22.9. The molecular formula is C31H38N2O6S. The fraction of sp³-hybridized carbons (Fsp3) is 0.548. The number of fused-ring (bicyclic) bond motifs is 5. The van der Waals surface area contributed by atoms with E-state index in [2.05, 4.69) is 13.0 Å². The Bertz CT molecular complexity index is 1420. The van der Waals surface area contributed by atoms with E-state index in [0.717, 1.165) is 44.9 Å². The van der Waals surface area contributed by atoms with E-state index < -0.39 is 16.1 Å². The van der Waals surface area contributed by atoms with Gasteiger partial charge in [-0.05, 0) is 110 Å². The van der Waals surface area contributed by atoms with Gasteiger partial charge in [-0.15, -0.1) is 0 Å². The van der Waals surface area contributed by atoms with Crippen molar-refractivity contribution in [3.05, 3.63) is 59.2 Å². The summed E-state index contributed by atoms with van der Waals surface area (Å²) in [5.74, 6) is 1.43. The van der Waals surface area contributed by atoms with E-state index in [1.165, 1.54) is 23.3 Å². The van der Waals surface area contributed by atoms with Crippen LogP contribution in [0.3, 0.4) is 0 Å². The first-order valence-electron chi connectivity index (χ1n) is 14.5. The lowest BCUT2D eigenvalue weighted by molar-refractivity contribution is -0.165. The maximum atomic E-state index is 13.5. The molecule has 40 heavy (non-hydrogen) atoms. The Morgan fingerprint density at radius 1 is 1.07 bits per heavy atom. The highest BCUT2D eigenvalue weighted by Gasteiger charge is 2.56. The Balaban J connectivity index is 1.11. The molecule has 9 heteroatoms. The molecular weight excluding hydrogens is 528 g/mol. The zero-order valence-corrected chi connectivity index (χ0v) is 23.7. The number of aromatic hydroxyl groups is 1. The van der Waals surface area contributed by atoms with Gasteiger partial charge in [0.2, 0.25) is 15.9 Å². The van der Waals surface area contributed by atoms with Crippen LogP contribution in [-0.4, -0.2) is 49.0 Å². The Morgan fingerprint density at radius 2 is 1.85 bits per heavy atom. The number of phenols is 1. The number of nitrogens with zero attached hydrogens (tertiary/aromatic N) is 1. The van der Waals surface area contributed by atoms with Gasteiger partial charge in [0.15, 0.2) is 0 Å². The van der Waals surface area contributed by atoms with Crippen molar-refractivity contribution >= 4 is 21.9 Å². The van der Waals surface area contributed by atoms with Crippen LogP contribution in [-0.2, 0) is 37.2 Å². The lowest BCUT2D eigenvalue weighted by Crippen LogP contribution is -2.48. The van der Waals surface area contributed by atoms with Crippen LogP contribution in [0.4, 0.5) is 0 Å². The second-order valence-electron chi connectivity index (χ2n) is 12.5. The number of ether oxygens (including phenoxy) is 1. The van der Waals surface area contributed by atoms with Gasteiger partial charge in [0.05, 0.1) is 11.3 Å². The molecule has 3 N–H and O–H groups in total. The molecule has 214 valence electrons. The molecule has 1 saturated heterocycles. The molecule has 1 heterocycles. The van der Waals surface area contributed by atoms with Crippen molar-refractivity contribution in [2.75, 3.05) is 6.54 Å². The quantitative estimate of drug-likeness (QED) is 0.526. The second kappa shape index (κ2) is 10.2. The summed E-state index contributed by atoms with van der Waals surface area (Å²) >= 11 is 0. The molecule has 2 aromatic carbocycles. The van der Waals surface area contributed by atoms with Gasteiger partial charge in [-0.2, -0.15) is 0 Å². The van der Waals surface area contributed by atoms with Gasteiger partial charge in [-0.25, -0.2) is 18.4 Å². The number of aryl methyl sites for hydroxylation is 1. The topological polar surface area (TPSA) is 127 Å². The normalized spacial score (nSPS) is 31.2. The number of nitrogens with two attached hydrogens (primary N) is 1. The van der Waals surface area contributed by atoms with Gasteiger partial charge < -0.3 is 14.7 Å². The van der Waals surface area contributed by atoms with Gasteiger partial charge >= 0.3 is 5.97 Å². The highest BCUT2D eigenvalue weighted by Crippen LogP contribution is 2.61. The SMILES string of the molecule is CC12CCC3c4ccc(O)cc4CCC3C1CCC2OC(=O)C1CCCN1C(=O)Cc1ccc(S(N)(=O)=O)cc1. The number of carbonyl (C=O) groups is 2. The minimum Gasteiger partial charge on any atom is -0.508 e. The van der Waals surface area contributed by atoms with Gasteiger partial charge in [0, 0.05) is 12.0 Å². The molecule has 0 aromatic heterocycles. The first-order valence-corrected chi connectivity index (χ1v) is 16.0. The number of hydrogen-bond donors (Lipinski definition) is 2. The van der Waals surface area contributed by atoms with E-state index in [-0.39, 0.29) is 34.7 Å². The lowest BCUT2D eigenvalue weighted by atomic mass is 9.55. The van der Waals surface area contributed by atoms with Crippen LogP contribution >= 0.6 is 0 Å². The number of likely N-dealkylation sites (tertiary alicyclic amines) is 1. The number of primary sulfonamides is 1. The summed E-state index contributed by atoms with van der Waals surface area (Å²) in [6, 6.07) is 11.2. The van der Waals surface area contributed by atoms with Crippen LogP contribution in [0.15, 0.2) is 47.4 Å². The maximum absolute atomic E-state index is 13.5. The average Bonchev–Trinajstić information content (AvgIpc) is 3.53. The van der Waals surface area contributed by atoms with E-state index in [9.17, 15) is 23.1 Å². The van der Waals surface area contributed by atoms with E-state index in [1.807, 2.05) is 12.1 Å². The number of carbonyl (C=O) groups excluding carboxylic acids is 2. The van der Waals surface area contributed by atoms with Crippen molar-refractivity contribution in [2.45, 2.75) is 87.7 Å². The summed E-state index contributed by atoms with van der Waals surface area (Å²) in [7, 11) is -3.80. The van der Waals surface area contributed by atoms with Gasteiger partial charge in [0.25, 0.3) is 0 Å². The smallest absolute Gasteiger partial charge is 0.329 e. The summed E-state index contributed by atoms with van der Waals surface area (Å²) < 4.78 is 29.3. The first-order chi connectivity index (χ1) is 19.0. The Morgan fingerprint density at radius 3 is 2.60 bits per heavy atom. The highest BCUT2D eigenvalue weighted by atomic mass is 32.2. The minimum absolute atomic E-state index is 0.000421. The lowest BCUT2D eigenvalue weighted by Gasteiger charge is -2.50. The van der Waals surface area contributed by atoms with Crippen LogP contribution in [0.5, 0.6) is 5.75 Å². The van der Waals surface area contributed by atoms with Gasteiger partial charge in [0.1, 0.15) is 17.9 Å². The predicted octanol–water partition coefficient (Wildman–Crippen LogP) is 4.04. The molecule has 1 amide bonds. The minimum atomic E-state index is -3.80. The summed E-state index contributed by atoms with van der Waals surface area (Å²) in [5.41, 5.74) is 3.26. The summed E-state index contributed by atoms with van der Waals surface area (Å²) in [6.07, 6.45) is 7.32. The molecule has 3 aliphatic carbocycles. The predicted molar refractivity (Wildman–Crippen MR) is 149 cm³/mol. The molecule has 0 radical (unpaired) electrons. The Labute approximate surface area is 235 Å². The van der Waals surface area contributed by atoms with Crippen molar-refractivity contribution in [2.24, 2.45) is 22.4 Å². The highest BCUT2D eigenvalue weighted by molar-refractivity contribution is 7.89. The summed E-state index contributed by atoms with van der Waals surface area (Å²) in [4.78, 5) is 28.3. The molecule has 2 aromatic rings. The van der Waals surface area contributed by atoms with E-state index in [4.69, 9.17) is 9.88 Å². The molecule has 0 bridgehead atoms. The molecule has 1 aliphatic heterocycles. The van der Waals surface area contributed by atoms with Crippen molar-refractivity contribution < 1.29 is 27.9 Å². The molecule has 6 unspecified atom stereocenters. The molecule has 6 rings (SSSR count). The number of amides is 1. The average molecular weight is 567 g/mol. The van der Waals surface area contributed by atoms with Crippen LogP contribution in [0.1, 0.15) is 74.5 Å². The molecule has 0 spiro atoms. The maximum Gasteiger partial charge on any atom is 0.329 e. The fourth-order valence-corrected chi connectivity index (χ4v) is 8.83.